The standard InChI is InChI=1S/C17H19FN2O/c1-11-2-9-16(18)15(10-11)17(20-19)12-3-5-13(6-4-12)21-14-7-8-14/h2-6,9-10,14,17,20H,7-8,19H2,1H3. The van der Waals surface area contributed by atoms with E-state index in [0.29, 0.717) is 11.7 Å². The van der Waals surface area contributed by atoms with Crippen molar-refractivity contribution in [2.75, 3.05) is 0 Å². The Kier molecular flexibility index (Phi) is 3.90. The average Bonchev–Trinajstić information content (AvgIpc) is 3.29. The summed E-state index contributed by atoms with van der Waals surface area (Å²) in [7, 11) is 0. The molecular weight excluding hydrogens is 267 g/mol. The van der Waals surface area contributed by atoms with Crippen molar-refractivity contribution in [1.29, 1.82) is 0 Å². The van der Waals surface area contributed by atoms with Crippen LogP contribution in [0.4, 0.5) is 4.39 Å². The summed E-state index contributed by atoms with van der Waals surface area (Å²) >= 11 is 0. The maximum Gasteiger partial charge on any atom is 0.128 e. The Hall–Kier alpha value is -1.91. The number of rotatable bonds is 5. The average molecular weight is 286 g/mol. The number of nitrogens with one attached hydrogen (secondary N) is 1. The highest BCUT2D eigenvalue weighted by Gasteiger charge is 2.23. The molecule has 1 saturated carbocycles. The number of halogens is 1. The highest BCUT2D eigenvalue weighted by atomic mass is 19.1. The van der Waals surface area contributed by atoms with Crippen LogP contribution >= 0.6 is 0 Å². The third kappa shape index (κ3) is 3.23. The van der Waals surface area contributed by atoms with Crippen LogP contribution in [0.15, 0.2) is 42.5 Å². The number of hydrogen-bond donors (Lipinski definition) is 2. The lowest BCUT2D eigenvalue weighted by Crippen LogP contribution is -2.29. The third-order valence-electron chi connectivity index (χ3n) is 3.67. The molecule has 21 heavy (non-hydrogen) atoms. The van der Waals surface area contributed by atoms with Crippen molar-refractivity contribution >= 4 is 0 Å². The summed E-state index contributed by atoms with van der Waals surface area (Å²) in [6.45, 7) is 1.93. The van der Waals surface area contributed by atoms with E-state index >= 15 is 0 Å². The molecule has 1 fully saturated rings. The summed E-state index contributed by atoms with van der Waals surface area (Å²) in [5, 5.41) is 0. The molecule has 1 atom stereocenters. The highest BCUT2D eigenvalue weighted by molar-refractivity contribution is 5.37. The molecule has 3 rings (SSSR count). The van der Waals surface area contributed by atoms with E-state index < -0.39 is 0 Å². The minimum atomic E-state index is -0.375. The van der Waals surface area contributed by atoms with Crippen molar-refractivity contribution in [3.63, 3.8) is 0 Å². The lowest BCUT2D eigenvalue weighted by Gasteiger charge is -2.18. The van der Waals surface area contributed by atoms with Crippen LogP contribution in [0.5, 0.6) is 5.75 Å². The number of ether oxygens (including phenoxy) is 1. The molecule has 1 aliphatic rings. The zero-order valence-corrected chi connectivity index (χ0v) is 12.0. The summed E-state index contributed by atoms with van der Waals surface area (Å²) < 4.78 is 19.7. The fraction of sp³-hybridized carbons (Fsp3) is 0.294. The van der Waals surface area contributed by atoms with Gasteiger partial charge in [-0.2, -0.15) is 0 Å². The van der Waals surface area contributed by atoms with Crippen LogP contribution < -0.4 is 16.0 Å². The Labute approximate surface area is 123 Å². The second-order valence-corrected chi connectivity index (χ2v) is 5.51. The Bertz CT molecular complexity index is 623. The molecule has 3 nitrogen and oxygen atoms in total. The van der Waals surface area contributed by atoms with Gasteiger partial charge in [-0.1, -0.05) is 29.8 Å². The largest absolute Gasteiger partial charge is 0.490 e. The van der Waals surface area contributed by atoms with Crippen molar-refractivity contribution < 1.29 is 9.13 Å². The van der Waals surface area contributed by atoms with Crippen LogP contribution in [-0.2, 0) is 0 Å². The fourth-order valence-corrected chi connectivity index (χ4v) is 2.37. The normalized spacial score (nSPS) is 15.8. The number of hydrogen-bond acceptors (Lipinski definition) is 3. The summed E-state index contributed by atoms with van der Waals surface area (Å²) in [5.41, 5.74) is 5.15. The molecule has 0 saturated heterocycles. The smallest absolute Gasteiger partial charge is 0.128 e. The molecule has 3 N–H and O–H groups in total. The van der Waals surface area contributed by atoms with Gasteiger partial charge in [-0.3, -0.25) is 5.84 Å². The van der Waals surface area contributed by atoms with Crippen molar-refractivity contribution in [3.8, 4) is 5.75 Å². The van der Waals surface area contributed by atoms with Crippen molar-refractivity contribution in [2.45, 2.75) is 31.9 Å². The van der Waals surface area contributed by atoms with Crippen LogP contribution in [-0.4, -0.2) is 6.10 Å². The van der Waals surface area contributed by atoms with E-state index in [1.54, 1.807) is 6.07 Å². The van der Waals surface area contributed by atoms with E-state index in [9.17, 15) is 4.39 Å². The molecule has 0 radical (unpaired) electrons. The molecule has 0 amide bonds. The minimum absolute atomic E-state index is 0.262. The fourth-order valence-electron chi connectivity index (χ4n) is 2.37. The number of benzene rings is 2. The Balaban J connectivity index is 1.86. The zero-order chi connectivity index (χ0) is 14.8. The molecule has 1 aliphatic carbocycles. The molecule has 0 bridgehead atoms. The summed E-state index contributed by atoms with van der Waals surface area (Å²) in [6.07, 6.45) is 2.63. The van der Waals surface area contributed by atoms with E-state index in [1.165, 1.54) is 6.07 Å². The molecule has 0 heterocycles. The lowest BCUT2D eigenvalue weighted by atomic mass is 9.97. The predicted octanol–water partition coefficient (Wildman–Crippen LogP) is 3.23. The molecule has 1 unspecified atom stereocenters. The minimum Gasteiger partial charge on any atom is -0.490 e. The molecule has 0 aromatic heterocycles. The quantitative estimate of drug-likeness (QED) is 0.655. The van der Waals surface area contributed by atoms with Crippen LogP contribution in [0.3, 0.4) is 0 Å². The maximum absolute atomic E-state index is 14.0. The van der Waals surface area contributed by atoms with E-state index in [4.69, 9.17) is 10.6 Å². The molecule has 0 aliphatic heterocycles. The van der Waals surface area contributed by atoms with Gasteiger partial charge in [0.05, 0.1) is 12.1 Å². The molecule has 110 valence electrons. The van der Waals surface area contributed by atoms with Crippen LogP contribution in [0.1, 0.15) is 35.6 Å². The summed E-state index contributed by atoms with van der Waals surface area (Å²) in [4.78, 5) is 0. The van der Waals surface area contributed by atoms with Gasteiger partial charge in [-0.05, 0) is 43.5 Å². The molecular formula is C17H19FN2O. The van der Waals surface area contributed by atoms with Crippen LogP contribution in [0.2, 0.25) is 0 Å². The summed E-state index contributed by atoms with van der Waals surface area (Å²) in [6, 6.07) is 12.3. The van der Waals surface area contributed by atoms with E-state index in [2.05, 4.69) is 5.43 Å². The van der Waals surface area contributed by atoms with Gasteiger partial charge in [0.25, 0.3) is 0 Å². The van der Waals surface area contributed by atoms with Gasteiger partial charge in [-0.15, -0.1) is 0 Å². The topological polar surface area (TPSA) is 47.3 Å². The number of aryl methyl sites for hydroxylation is 1. The zero-order valence-electron chi connectivity index (χ0n) is 12.0. The van der Waals surface area contributed by atoms with Gasteiger partial charge in [0.15, 0.2) is 0 Å². The van der Waals surface area contributed by atoms with Crippen molar-refractivity contribution in [3.05, 3.63) is 65.0 Å². The van der Waals surface area contributed by atoms with E-state index in [1.807, 2.05) is 37.3 Å². The van der Waals surface area contributed by atoms with Gasteiger partial charge in [0, 0.05) is 5.56 Å². The SMILES string of the molecule is Cc1ccc(F)c(C(NN)c2ccc(OC3CC3)cc2)c1. The first-order valence-corrected chi connectivity index (χ1v) is 7.16. The first kappa shape index (κ1) is 14.0. The monoisotopic (exact) mass is 286 g/mol. The lowest BCUT2D eigenvalue weighted by molar-refractivity contribution is 0.303. The highest BCUT2D eigenvalue weighted by Crippen LogP contribution is 2.29. The Morgan fingerprint density at radius 2 is 1.90 bits per heavy atom. The molecule has 2 aromatic carbocycles. The second-order valence-electron chi connectivity index (χ2n) is 5.51. The maximum atomic E-state index is 14.0. The van der Waals surface area contributed by atoms with Crippen LogP contribution in [0.25, 0.3) is 0 Å². The number of nitrogens with two attached hydrogens (primary N) is 1. The second kappa shape index (κ2) is 5.84. The van der Waals surface area contributed by atoms with Crippen molar-refractivity contribution in [1.82, 2.24) is 5.43 Å². The molecule has 2 aromatic rings. The van der Waals surface area contributed by atoms with E-state index in [-0.39, 0.29) is 11.9 Å². The Morgan fingerprint density at radius 3 is 2.52 bits per heavy atom. The van der Waals surface area contributed by atoms with Gasteiger partial charge >= 0.3 is 0 Å². The predicted molar refractivity (Wildman–Crippen MR) is 80.4 cm³/mol. The first-order chi connectivity index (χ1) is 10.2. The Morgan fingerprint density at radius 1 is 1.19 bits per heavy atom. The van der Waals surface area contributed by atoms with Crippen molar-refractivity contribution in [2.24, 2.45) is 5.84 Å². The van der Waals surface area contributed by atoms with Crippen LogP contribution in [0, 0.1) is 12.7 Å². The molecule has 4 heteroatoms. The van der Waals surface area contributed by atoms with Gasteiger partial charge < -0.3 is 4.74 Å². The molecule has 0 spiro atoms. The van der Waals surface area contributed by atoms with Gasteiger partial charge in [0.2, 0.25) is 0 Å². The van der Waals surface area contributed by atoms with Gasteiger partial charge in [-0.25, -0.2) is 9.82 Å². The van der Waals surface area contributed by atoms with Gasteiger partial charge in [0.1, 0.15) is 11.6 Å². The number of hydrazine groups is 1. The van der Waals surface area contributed by atoms with E-state index in [0.717, 1.165) is 29.7 Å². The third-order valence-corrected chi connectivity index (χ3v) is 3.67. The summed E-state index contributed by atoms with van der Waals surface area (Å²) in [5.74, 6) is 6.22. The first-order valence-electron chi connectivity index (χ1n) is 7.16.